The smallest absolute Gasteiger partial charge is 0.120 e. The van der Waals surface area contributed by atoms with E-state index < -0.39 is 0 Å². The maximum absolute atomic E-state index is 6.73. The van der Waals surface area contributed by atoms with Crippen LogP contribution in [0.1, 0.15) is 0 Å². The summed E-state index contributed by atoms with van der Waals surface area (Å²) in [7, 11) is 0. The van der Waals surface area contributed by atoms with Gasteiger partial charge in [0, 0.05) is 10.7 Å². The van der Waals surface area contributed by atoms with Gasteiger partial charge in [-0.2, -0.15) is 0 Å². The molecule has 6 nitrogen and oxygen atoms in total. The van der Waals surface area contributed by atoms with E-state index in [4.69, 9.17) is 30.7 Å². The normalized spacial score (nSPS) is 15.2. The van der Waals surface area contributed by atoms with Crippen LogP contribution in [-0.4, -0.2) is 25.6 Å². The summed E-state index contributed by atoms with van der Waals surface area (Å²) < 4.78 is 3.21. The number of halogens is 3. The highest BCUT2D eigenvalue weighted by Crippen LogP contribution is 2.39. The number of nitrogens with two attached hydrogens (primary N) is 1. The van der Waals surface area contributed by atoms with E-state index in [9.17, 15) is 0 Å². The molecule has 34 heavy (non-hydrogen) atoms. The maximum atomic E-state index is 6.73. The fourth-order valence-corrected chi connectivity index (χ4v) is 5.28. The SMILES string of the molecule is C=C1C=CC(I)=CC1=Nc1c(N)c2nc3cc(I)ccc3nc2c2nc3cc(I)ccc3nc12. The number of benzene rings is 3. The Morgan fingerprint density at radius 2 is 1.26 bits per heavy atom. The van der Waals surface area contributed by atoms with Gasteiger partial charge < -0.3 is 5.73 Å². The molecule has 0 saturated heterocycles. The molecule has 1 aliphatic carbocycles. The molecule has 2 heterocycles. The number of aromatic nitrogens is 4. The van der Waals surface area contributed by atoms with Crippen LogP contribution in [0.2, 0.25) is 0 Å². The van der Waals surface area contributed by atoms with E-state index >= 15 is 0 Å². The van der Waals surface area contributed by atoms with E-state index in [-0.39, 0.29) is 0 Å². The molecule has 0 amide bonds. The van der Waals surface area contributed by atoms with Gasteiger partial charge in [-0.1, -0.05) is 12.7 Å². The molecule has 0 atom stereocenters. The van der Waals surface area contributed by atoms with Crippen molar-refractivity contribution in [3.63, 3.8) is 0 Å². The molecular weight excluding hydrogens is 765 g/mol. The van der Waals surface area contributed by atoms with Gasteiger partial charge >= 0.3 is 0 Å². The lowest BCUT2D eigenvalue weighted by Gasteiger charge is -2.13. The Labute approximate surface area is 235 Å². The first-order chi connectivity index (χ1) is 16.4. The molecule has 0 spiro atoms. The minimum atomic E-state index is 0.424. The molecule has 0 saturated carbocycles. The molecule has 6 rings (SSSR count). The lowest BCUT2D eigenvalue weighted by Crippen LogP contribution is -2.03. The van der Waals surface area contributed by atoms with Gasteiger partial charge in [-0.05, 0) is 122 Å². The molecule has 2 aromatic heterocycles. The molecule has 0 aliphatic heterocycles. The third kappa shape index (κ3) is 3.77. The van der Waals surface area contributed by atoms with Crippen LogP contribution in [0.15, 0.2) is 75.4 Å². The molecule has 0 unspecified atom stereocenters. The van der Waals surface area contributed by atoms with E-state index in [2.05, 4.69) is 74.4 Å². The molecule has 1 aliphatic rings. The van der Waals surface area contributed by atoms with Gasteiger partial charge in [0.15, 0.2) is 0 Å². The molecule has 9 heteroatoms. The topological polar surface area (TPSA) is 89.9 Å². The molecule has 0 bridgehead atoms. The van der Waals surface area contributed by atoms with E-state index in [1.54, 1.807) is 0 Å². The number of allylic oxidation sites excluding steroid dienone is 5. The molecule has 0 fully saturated rings. The van der Waals surface area contributed by atoms with Gasteiger partial charge in [-0.25, -0.2) is 24.9 Å². The van der Waals surface area contributed by atoms with E-state index in [0.29, 0.717) is 33.4 Å². The van der Waals surface area contributed by atoms with Crippen LogP contribution in [0.4, 0.5) is 11.4 Å². The number of hydrogen-bond donors (Lipinski definition) is 1. The predicted molar refractivity (Wildman–Crippen MR) is 165 cm³/mol. The Bertz CT molecular complexity index is 1820. The third-order valence-electron chi connectivity index (χ3n) is 5.49. The van der Waals surface area contributed by atoms with Gasteiger partial charge in [0.1, 0.15) is 27.8 Å². The molecule has 0 radical (unpaired) electrons. The standard InChI is InChI=1S/C25H13I3N6/c1-11-2-3-12(26)8-17(11)32-21-20(29)22-24(30-15-6-4-13(27)9-18(15)33-22)25-23(21)31-16-7-5-14(28)10-19(16)34-25/h2-10H,1,29H2. The highest BCUT2D eigenvalue weighted by atomic mass is 127. The zero-order valence-electron chi connectivity index (χ0n) is 17.4. The first-order valence-electron chi connectivity index (χ1n) is 10.2. The molecule has 164 valence electrons. The van der Waals surface area contributed by atoms with Crippen LogP contribution in [0.25, 0.3) is 44.1 Å². The van der Waals surface area contributed by atoms with Crippen molar-refractivity contribution in [2.75, 3.05) is 5.73 Å². The van der Waals surface area contributed by atoms with Crippen molar-refractivity contribution in [3.8, 4) is 0 Å². The second-order valence-corrected chi connectivity index (χ2v) is 11.5. The Morgan fingerprint density at radius 3 is 1.94 bits per heavy atom. The van der Waals surface area contributed by atoms with Crippen LogP contribution < -0.4 is 5.73 Å². The highest BCUT2D eigenvalue weighted by molar-refractivity contribution is 14.1. The number of hydrogen-bond acceptors (Lipinski definition) is 6. The van der Waals surface area contributed by atoms with Crippen LogP contribution >= 0.6 is 67.8 Å². The first-order valence-corrected chi connectivity index (χ1v) is 13.4. The van der Waals surface area contributed by atoms with Crippen molar-refractivity contribution in [1.29, 1.82) is 0 Å². The summed E-state index contributed by atoms with van der Waals surface area (Å²) in [6.45, 7) is 4.14. The van der Waals surface area contributed by atoms with Crippen molar-refractivity contribution in [3.05, 3.63) is 77.5 Å². The Balaban J connectivity index is 1.80. The van der Waals surface area contributed by atoms with Crippen molar-refractivity contribution in [2.45, 2.75) is 0 Å². The van der Waals surface area contributed by atoms with Crippen molar-refractivity contribution >= 4 is 129 Å². The van der Waals surface area contributed by atoms with Gasteiger partial charge in [-0.15, -0.1) is 0 Å². The fraction of sp³-hybridized carbons (Fsp3) is 0. The number of nitrogen functional groups attached to an aromatic ring is 1. The lowest BCUT2D eigenvalue weighted by atomic mass is 10.1. The zero-order valence-corrected chi connectivity index (χ0v) is 23.8. The van der Waals surface area contributed by atoms with Gasteiger partial charge in [0.25, 0.3) is 0 Å². The summed E-state index contributed by atoms with van der Waals surface area (Å²) in [5, 5.41) is 0. The van der Waals surface area contributed by atoms with Crippen molar-refractivity contribution < 1.29 is 0 Å². The third-order valence-corrected chi connectivity index (χ3v) is 7.50. The highest BCUT2D eigenvalue weighted by Gasteiger charge is 2.20. The fourth-order valence-electron chi connectivity index (χ4n) is 3.85. The number of nitrogens with zero attached hydrogens (tertiary/aromatic N) is 5. The molecular formula is C25H13I3N6. The van der Waals surface area contributed by atoms with Gasteiger partial charge in [-0.3, -0.25) is 0 Å². The summed E-state index contributed by atoms with van der Waals surface area (Å²) in [6.07, 6.45) is 5.92. The quantitative estimate of drug-likeness (QED) is 0.0843. The molecule has 2 N–H and O–H groups in total. The number of rotatable bonds is 1. The summed E-state index contributed by atoms with van der Waals surface area (Å²) in [4.78, 5) is 24.6. The van der Waals surface area contributed by atoms with Crippen molar-refractivity contribution in [1.82, 2.24) is 19.9 Å². The monoisotopic (exact) mass is 778 g/mol. The van der Waals surface area contributed by atoms with Crippen molar-refractivity contribution in [2.24, 2.45) is 4.99 Å². The largest absolute Gasteiger partial charge is 0.395 e. The number of anilines is 1. The van der Waals surface area contributed by atoms with E-state index in [1.807, 2.05) is 54.6 Å². The summed E-state index contributed by atoms with van der Waals surface area (Å²) >= 11 is 6.80. The van der Waals surface area contributed by atoms with Crippen LogP contribution in [0, 0.1) is 7.14 Å². The molecule has 5 aromatic rings. The average Bonchev–Trinajstić information content (AvgIpc) is 2.82. The summed E-state index contributed by atoms with van der Waals surface area (Å²) in [5.41, 5.74) is 14.7. The Morgan fingerprint density at radius 1 is 0.706 bits per heavy atom. The average molecular weight is 778 g/mol. The predicted octanol–water partition coefficient (Wildman–Crippen LogP) is 7.19. The van der Waals surface area contributed by atoms with E-state index in [0.717, 1.165) is 44.1 Å². The minimum absolute atomic E-state index is 0.424. The van der Waals surface area contributed by atoms with Crippen LogP contribution in [-0.2, 0) is 0 Å². The van der Waals surface area contributed by atoms with Gasteiger partial charge in [0.05, 0.1) is 33.5 Å². The summed E-state index contributed by atoms with van der Waals surface area (Å²) in [5.74, 6) is 0. The lowest BCUT2D eigenvalue weighted by molar-refractivity contribution is 1.34. The summed E-state index contributed by atoms with van der Waals surface area (Å²) in [6, 6.07) is 11.9. The molecule has 3 aromatic carbocycles. The minimum Gasteiger partial charge on any atom is -0.395 e. The second-order valence-electron chi connectivity index (χ2n) is 7.75. The first kappa shape index (κ1) is 22.2. The Kier molecular flexibility index (Phi) is 5.52. The second kappa shape index (κ2) is 8.45. The van der Waals surface area contributed by atoms with Gasteiger partial charge in [0.2, 0.25) is 0 Å². The number of aliphatic imine (C=N–C) groups is 1. The maximum Gasteiger partial charge on any atom is 0.120 e. The zero-order chi connectivity index (χ0) is 23.6. The van der Waals surface area contributed by atoms with Crippen LogP contribution in [0.3, 0.4) is 0 Å². The number of fused-ring (bicyclic) bond motifs is 5. The van der Waals surface area contributed by atoms with E-state index in [1.165, 1.54) is 0 Å². The van der Waals surface area contributed by atoms with Crippen LogP contribution in [0.5, 0.6) is 0 Å². The Hall–Kier alpha value is -2.26.